The van der Waals surface area contributed by atoms with E-state index in [0.717, 1.165) is 4.90 Å². The van der Waals surface area contributed by atoms with Crippen molar-refractivity contribution in [1.29, 1.82) is 0 Å². The van der Waals surface area contributed by atoms with Crippen LogP contribution in [0.25, 0.3) is 0 Å². The first kappa shape index (κ1) is 11.2. The topological polar surface area (TPSA) is 40.6 Å². The molecule has 16 heavy (non-hydrogen) atoms. The van der Waals surface area contributed by atoms with Gasteiger partial charge in [0.15, 0.2) is 0 Å². The lowest BCUT2D eigenvalue weighted by molar-refractivity contribution is -0.116. The fourth-order valence-electron chi connectivity index (χ4n) is 1.54. The minimum atomic E-state index is -0.372. The molecule has 1 aliphatic heterocycles. The van der Waals surface area contributed by atoms with Crippen molar-refractivity contribution < 1.29 is 9.59 Å². The van der Waals surface area contributed by atoms with Crippen LogP contribution in [-0.4, -0.2) is 30.4 Å². The van der Waals surface area contributed by atoms with Crippen LogP contribution in [0.3, 0.4) is 0 Å². The van der Waals surface area contributed by atoms with Crippen LogP contribution in [0.1, 0.15) is 0 Å². The summed E-state index contributed by atoms with van der Waals surface area (Å²) in [4.78, 5) is 25.7. The second-order valence-electron chi connectivity index (χ2n) is 3.50. The zero-order chi connectivity index (χ0) is 11.9. The number of anilines is 1. The summed E-state index contributed by atoms with van der Waals surface area (Å²) < 4.78 is 0. The maximum atomic E-state index is 11.7. The maximum Gasteiger partial charge on any atom is 0.331 e. The average molecular weight is 259 g/mol. The smallest absolute Gasteiger partial charge is 0.318 e. The highest BCUT2D eigenvalue weighted by atomic mass is 35.5. The predicted molar refractivity (Wildman–Crippen MR) is 62.0 cm³/mol. The molecule has 0 unspecified atom stereocenters. The van der Waals surface area contributed by atoms with Crippen molar-refractivity contribution in [2.45, 2.75) is 0 Å². The van der Waals surface area contributed by atoms with Crippen LogP contribution < -0.4 is 4.90 Å². The van der Waals surface area contributed by atoms with Gasteiger partial charge >= 0.3 is 6.03 Å². The summed E-state index contributed by atoms with van der Waals surface area (Å²) in [7, 11) is 1.56. The van der Waals surface area contributed by atoms with Gasteiger partial charge in [-0.05, 0) is 18.2 Å². The van der Waals surface area contributed by atoms with E-state index in [4.69, 9.17) is 23.2 Å². The van der Waals surface area contributed by atoms with Crippen LogP contribution in [0.2, 0.25) is 10.0 Å². The Morgan fingerprint density at radius 2 is 1.69 bits per heavy atom. The van der Waals surface area contributed by atoms with Gasteiger partial charge in [-0.2, -0.15) is 0 Å². The van der Waals surface area contributed by atoms with E-state index in [2.05, 4.69) is 0 Å². The van der Waals surface area contributed by atoms with E-state index < -0.39 is 0 Å². The first-order valence-electron chi connectivity index (χ1n) is 4.53. The number of carbonyl (C=O) groups is 2. The lowest BCUT2D eigenvalue weighted by atomic mass is 10.3. The average Bonchev–Trinajstić information content (AvgIpc) is 2.39. The standard InChI is InChI=1S/C10H8Cl2N2O2/c1-13-5-9(15)14(10(13)16)8-3-6(11)2-7(12)4-8/h2-4H,5H2,1H3. The molecule has 0 atom stereocenters. The maximum absolute atomic E-state index is 11.7. The summed E-state index contributed by atoms with van der Waals surface area (Å²) in [6.45, 7) is 0.0724. The Hall–Kier alpha value is -1.26. The SMILES string of the molecule is CN1CC(=O)N(c2cc(Cl)cc(Cl)c2)C1=O. The summed E-state index contributed by atoms with van der Waals surface area (Å²) in [5, 5.41) is 0.773. The number of likely N-dealkylation sites (N-methyl/N-ethyl adjacent to an activating group) is 1. The molecule has 1 fully saturated rings. The number of benzene rings is 1. The predicted octanol–water partition coefficient (Wildman–Crippen LogP) is 2.39. The van der Waals surface area contributed by atoms with E-state index in [0.29, 0.717) is 15.7 Å². The summed E-state index contributed by atoms with van der Waals surface area (Å²) in [6, 6.07) is 4.23. The third-order valence-corrected chi connectivity index (χ3v) is 2.68. The molecule has 0 N–H and O–H groups in total. The van der Waals surface area contributed by atoms with E-state index in [1.807, 2.05) is 0 Å². The molecule has 3 amide bonds. The Balaban J connectivity index is 2.44. The number of amides is 3. The molecule has 4 nitrogen and oxygen atoms in total. The van der Waals surface area contributed by atoms with Gasteiger partial charge in [0.05, 0.1) is 5.69 Å². The van der Waals surface area contributed by atoms with Crippen LogP contribution in [0, 0.1) is 0 Å². The minimum Gasteiger partial charge on any atom is -0.318 e. The molecule has 0 radical (unpaired) electrons. The molecule has 0 aliphatic carbocycles. The quantitative estimate of drug-likeness (QED) is 0.726. The van der Waals surface area contributed by atoms with E-state index in [1.54, 1.807) is 13.1 Å². The molecule has 84 valence electrons. The van der Waals surface area contributed by atoms with Crippen LogP contribution in [-0.2, 0) is 4.79 Å². The van der Waals surface area contributed by atoms with Gasteiger partial charge in [0.25, 0.3) is 5.91 Å². The Morgan fingerprint density at radius 3 is 2.12 bits per heavy atom. The molecule has 6 heteroatoms. The number of imide groups is 1. The Kier molecular flexibility index (Phi) is 2.78. The van der Waals surface area contributed by atoms with Crippen LogP contribution in [0.5, 0.6) is 0 Å². The highest BCUT2D eigenvalue weighted by molar-refractivity contribution is 6.35. The van der Waals surface area contributed by atoms with Crippen molar-refractivity contribution in [1.82, 2.24) is 4.90 Å². The van der Waals surface area contributed by atoms with Crippen molar-refractivity contribution in [3.05, 3.63) is 28.2 Å². The van der Waals surface area contributed by atoms with Gasteiger partial charge in [-0.1, -0.05) is 23.2 Å². The number of rotatable bonds is 1. The van der Waals surface area contributed by atoms with Crippen LogP contribution in [0.4, 0.5) is 10.5 Å². The van der Waals surface area contributed by atoms with Crippen molar-refractivity contribution in [3.8, 4) is 0 Å². The molecule has 1 aromatic rings. The van der Waals surface area contributed by atoms with Gasteiger partial charge in [0, 0.05) is 17.1 Å². The van der Waals surface area contributed by atoms with Gasteiger partial charge in [-0.25, -0.2) is 9.69 Å². The van der Waals surface area contributed by atoms with Crippen molar-refractivity contribution in [3.63, 3.8) is 0 Å². The van der Waals surface area contributed by atoms with Gasteiger partial charge in [0.2, 0.25) is 0 Å². The molecule has 0 spiro atoms. The monoisotopic (exact) mass is 258 g/mol. The third-order valence-electron chi connectivity index (χ3n) is 2.25. The number of halogens is 2. The number of carbonyl (C=O) groups excluding carboxylic acids is 2. The van der Waals surface area contributed by atoms with Gasteiger partial charge < -0.3 is 4.90 Å². The lowest BCUT2D eigenvalue weighted by Crippen LogP contribution is -2.31. The molecule has 1 heterocycles. The molecule has 0 bridgehead atoms. The molecular formula is C10H8Cl2N2O2. The first-order valence-corrected chi connectivity index (χ1v) is 5.29. The number of urea groups is 1. The van der Waals surface area contributed by atoms with E-state index in [1.165, 1.54) is 17.0 Å². The van der Waals surface area contributed by atoms with Gasteiger partial charge in [0.1, 0.15) is 6.54 Å². The van der Waals surface area contributed by atoms with Crippen LogP contribution >= 0.6 is 23.2 Å². The lowest BCUT2D eigenvalue weighted by Gasteiger charge is -2.14. The van der Waals surface area contributed by atoms with E-state index in [9.17, 15) is 9.59 Å². The summed E-state index contributed by atoms with van der Waals surface area (Å²) in [6.07, 6.45) is 0. The number of hydrogen-bond donors (Lipinski definition) is 0. The Labute approximate surface area is 102 Å². The largest absolute Gasteiger partial charge is 0.331 e. The summed E-state index contributed by atoms with van der Waals surface area (Å²) in [5.41, 5.74) is 0.400. The highest BCUT2D eigenvalue weighted by Crippen LogP contribution is 2.27. The highest BCUT2D eigenvalue weighted by Gasteiger charge is 2.34. The van der Waals surface area contributed by atoms with Crippen molar-refractivity contribution in [2.24, 2.45) is 0 Å². The number of nitrogens with zero attached hydrogens (tertiary/aromatic N) is 2. The molecule has 2 rings (SSSR count). The normalized spacial score (nSPS) is 16.2. The zero-order valence-electron chi connectivity index (χ0n) is 8.41. The second kappa shape index (κ2) is 3.96. The van der Waals surface area contributed by atoms with Crippen molar-refractivity contribution in [2.75, 3.05) is 18.5 Å². The number of hydrogen-bond acceptors (Lipinski definition) is 2. The molecule has 1 aliphatic rings. The molecule has 1 saturated heterocycles. The summed E-state index contributed by atoms with van der Waals surface area (Å²) in [5.74, 6) is -0.286. The zero-order valence-corrected chi connectivity index (χ0v) is 9.92. The second-order valence-corrected chi connectivity index (χ2v) is 4.37. The Bertz CT molecular complexity index is 456. The van der Waals surface area contributed by atoms with Gasteiger partial charge in [-0.3, -0.25) is 4.79 Å². The van der Waals surface area contributed by atoms with Crippen LogP contribution in [0.15, 0.2) is 18.2 Å². The summed E-state index contributed by atoms with van der Waals surface area (Å²) >= 11 is 11.6. The van der Waals surface area contributed by atoms with E-state index in [-0.39, 0.29) is 18.5 Å². The molecule has 0 aromatic heterocycles. The fourth-order valence-corrected chi connectivity index (χ4v) is 2.06. The van der Waals surface area contributed by atoms with Crippen molar-refractivity contribution >= 4 is 40.8 Å². The third kappa shape index (κ3) is 1.86. The fraction of sp³-hybridized carbons (Fsp3) is 0.200. The molecular weight excluding hydrogens is 251 g/mol. The van der Waals surface area contributed by atoms with E-state index >= 15 is 0 Å². The molecule has 0 saturated carbocycles. The van der Waals surface area contributed by atoms with Gasteiger partial charge in [-0.15, -0.1) is 0 Å². The minimum absolute atomic E-state index is 0.0724. The molecule has 1 aromatic carbocycles. The first-order chi connectivity index (χ1) is 7.49. The Morgan fingerprint density at radius 1 is 1.12 bits per heavy atom.